The summed E-state index contributed by atoms with van der Waals surface area (Å²) in [5.74, 6) is 2.64. The molecule has 1 heterocycles. The highest BCUT2D eigenvalue weighted by Gasteiger charge is 2.22. The van der Waals surface area contributed by atoms with E-state index in [0.29, 0.717) is 0 Å². The van der Waals surface area contributed by atoms with Gasteiger partial charge >= 0.3 is 0 Å². The molecule has 1 aliphatic rings. The molecule has 1 saturated heterocycles. The Labute approximate surface area is 115 Å². The number of terminal acetylenes is 1. The van der Waals surface area contributed by atoms with Crippen LogP contribution in [0.15, 0.2) is 24.3 Å². The van der Waals surface area contributed by atoms with Crippen LogP contribution in [0.2, 0.25) is 0 Å². The zero-order valence-electron chi connectivity index (χ0n) is 11.4. The van der Waals surface area contributed by atoms with E-state index in [1.54, 1.807) is 0 Å². The molecule has 1 fully saturated rings. The van der Waals surface area contributed by atoms with Crippen LogP contribution in [0.3, 0.4) is 0 Å². The van der Waals surface area contributed by atoms with Gasteiger partial charge in [0.05, 0.1) is 6.04 Å². The highest BCUT2D eigenvalue weighted by molar-refractivity contribution is 5.58. The van der Waals surface area contributed by atoms with Crippen molar-refractivity contribution in [1.82, 2.24) is 9.80 Å². The van der Waals surface area contributed by atoms with Gasteiger partial charge in [0.1, 0.15) is 6.29 Å². The largest absolute Gasteiger partial charge is 0.304 e. The number of carbonyl (C=O) groups excluding carboxylic acids is 1. The van der Waals surface area contributed by atoms with Gasteiger partial charge in [0.15, 0.2) is 0 Å². The van der Waals surface area contributed by atoms with Gasteiger partial charge in [0.2, 0.25) is 0 Å². The molecule has 1 aromatic carbocycles. The Morgan fingerprint density at radius 1 is 1.37 bits per heavy atom. The Hall–Kier alpha value is -1.63. The van der Waals surface area contributed by atoms with Crippen LogP contribution in [0.25, 0.3) is 0 Å². The summed E-state index contributed by atoms with van der Waals surface area (Å²) < 4.78 is 0. The summed E-state index contributed by atoms with van der Waals surface area (Å²) in [5.41, 5.74) is 2.01. The van der Waals surface area contributed by atoms with Crippen molar-refractivity contribution in [3.8, 4) is 12.3 Å². The number of hydrogen-bond acceptors (Lipinski definition) is 3. The molecular weight excluding hydrogens is 236 g/mol. The lowest BCUT2D eigenvalue weighted by atomic mass is 10.0. The van der Waals surface area contributed by atoms with Crippen molar-refractivity contribution in [1.29, 1.82) is 0 Å². The molecule has 100 valence electrons. The van der Waals surface area contributed by atoms with Crippen LogP contribution in [0, 0.1) is 12.3 Å². The first-order valence-electron chi connectivity index (χ1n) is 6.66. The maximum Gasteiger partial charge on any atom is 0.137 e. The number of rotatable bonds is 4. The highest BCUT2D eigenvalue weighted by Crippen LogP contribution is 2.12. The molecule has 0 saturated carbocycles. The fourth-order valence-corrected chi connectivity index (χ4v) is 2.45. The summed E-state index contributed by atoms with van der Waals surface area (Å²) >= 11 is 0. The van der Waals surface area contributed by atoms with E-state index in [1.165, 1.54) is 0 Å². The van der Waals surface area contributed by atoms with Gasteiger partial charge in [-0.05, 0) is 31.2 Å². The van der Waals surface area contributed by atoms with Gasteiger partial charge in [-0.15, -0.1) is 6.42 Å². The second kappa shape index (κ2) is 6.51. The molecule has 0 bridgehead atoms. The average Bonchev–Trinajstić information content (AvgIpc) is 2.46. The van der Waals surface area contributed by atoms with Crippen LogP contribution in [-0.4, -0.2) is 55.4 Å². The molecule has 1 aliphatic heterocycles. The van der Waals surface area contributed by atoms with Crippen LogP contribution >= 0.6 is 0 Å². The number of carbonyl (C=O) groups is 1. The summed E-state index contributed by atoms with van der Waals surface area (Å²) in [5, 5.41) is 0. The molecule has 19 heavy (non-hydrogen) atoms. The van der Waals surface area contributed by atoms with Crippen molar-refractivity contribution in [2.45, 2.75) is 12.5 Å². The second-order valence-electron chi connectivity index (χ2n) is 5.09. The third-order valence-corrected chi connectivity index (χ3v) is 3.70. The number of likely N-dealkylation sites (N-methyl/N-ethyl adjacent to an activating group) is 1. The van der Waals surface area contributed by atoms with E-state index in [4.69, 9.17) is 6.42 Å². The third-order valence-electron chi connectivity index (χ3n) is 3.70. The molecule has 1 aromatic rings. The minimum atomic E-state index is -0.0401. The molecule has 0 spiro atoms. The molecule has 2 rings (SSSR count). The predicted octanol–water partition coefficient (Wildman–Crippen LogP) is 1.03. The smallest absolute Gasteiger partial charge is 0.137 e. The van der Waals surface area contributed by atoms with Crippen LogP contribution in [0.5, 0.6) is 0 Å². The third kappa shape index (κ3) is 3.66. The van der Waals surface area contributed by atoms with Crippen molar-refractivity contribution in [3.63, 3.8) is 0 Å². The Bertz CT molecular complexity index is 470. The van der Waals surface area contributed by atoms with Gasteiger partial charge in [-0.3, -0.25) is 4.90 Å². The molecule has 0 N–H and O–H groups in total. The number of aldehydes is 1. The van der Waals surface area contributed by atoms with E-state index in [-0.39, 0.29) is 6.04 Å². The van der Waals surface area contributed by atoms with E-state index >= 15 is 0 Å². The average molecular weight is 256 g/mol. The van der Waals surface area contributed by atoms with Crippen molar-refractivity contribution >= 4 is 6.29 Å². The normalized spacial score (nSPS) is 18.7. The van der Waals surface area contributed by atoms with E-state index in [2.05, 4.69) is 22.8 Å². The first-order chi connectivity index (χ1) is 9.22. The summed E-state index contributed by atoms with van der Waals surface area (Å²) in [7, 11) is 2.11. The van der Waals surface area contributed by atoms with Crippen molar-refractivity contribution in [3.05, 3.63) is 35.4 Å². The monoisotopic (exact) mass is 256 g/mol. The molecule has 0 aromatic heterocycles. The summed E-state index contributed by atoms with van der Waals surface area (Å²) in [6.45, 7) is 3.95. The lowest BCUT2D eigenvalue weighted by molar-refractivity contribution is -0.113. The minimum Gasteiger partial charge on any atom is -0.304 e. The number of benzene rings is 1. The van der Waals surface area contributed by atoms with Crippen LogP contribution in [-0.2, 0) is 11.2 Å². The van der Waals surface area contributed by atoms with Gasteiger partial charge in [0.25, 0.3) is 0 Å². The van der Waals surface area contributed by atoms with Gasteiger partial charge in [-0.1, -0.05) is 18.1 Å². The topological polar surface area (TPSA) is 23.6 Å². The Kier molecular flexibility index (Phi) is 4.73. The first-order valence-corrected chi connectivity index (χ1v) is 6.66. The maximum atomic E-state index is 11.3. The zero-order valence-corrected chi connectivity index (χ0v) is 11.4. The molecule has 1 unspecified atom stereocenters. The fraction of sp³-hybridized carbons (Fsp3) is 0.438. The molecule has 0 amide bonds. The summed E-state index contributed by atoms with van der Waals surface area (Å²) in [4.78, 5) is 15.9. The maximum absolute atomic E-state index is 11.3. The lowest BCUT2D eigenvalue weighted by Gasteiger charge is -2.35. The quantitative estimate of drug-likeness (QED) is 0.594. The van der Waals surface area contributed by atoms with Gasteiger partial charge in [0, 0.05) is 31.7 Å². The van der Waals surface area contributed by atoms with Crippen molar-refractivity contribution in [2.24, 2.45) is 0 Å². The van der Waals surface area contributed by atoms with Gasteiger partial charge < -0.3 is 9.69 Å². The van der Waals surface area contributed by atoms with E-state index < -0.39 is 0 Å². The summed E-state index contributed by atoms with van der Waals surface area (Å²) in [6, 6.07) is 7.85. The first kappa shape index (κ1) is 13.8. The zero-order chi connectivity index (χ0) is 13.7. The van der Waals surface area contributed by atoms with Gasteiger partial charge in [-0.25, -0.2) is 0 Å². The summed E-state index contributed by atoms with van der Waals surface area (Å²) in [6.07, 6.45) is 7.21. The Morgan fingerprint density at radius 2 is 2.11 bits per heavy atom. The number of hydrogen-bond donors (Lipinski definition) is 0. The molecular formula is C16H20N2O. The standard InChI is InChI=1S/C16H20N2O/c1-3-14-5-4-6-15(11-14)12-16(13-19)18-9-7-17(2)8-10-18/h1,4-6,11,13,16H,7-10,12H2,2H3. The van der Waals surface area contributed by atoms with Crippen LogP contribution < -0.4 is 0 Å². The number of nitrogens with zero attached hydrogens (tertiary/aromatic N) is 2. The van der Waals surface area contributed by atoms with Gasteiger partial charge in [-0.2, -0.15) is 0 Å². The molecule has 1 atom stereocenters. The number of piperazine rings is 1. The van der Waals surface area contributed by atoms with E-state index in [9.17, 15) is 4.79 Å². The van der Waals surface area contributed by atoms with E-state index in [1.807, 2.05) is 24.3 Å². The van der Waals surface area contributed by atoms with Crippen molar-refractivity contribution < 1.29 is 4.79 Å². The predicted molar refractivity (Wildman–Crippen MR) is 77.0 cm³/mol. The minimum absolute atomic E-state index is 0.0401. The SMILES string of the molecule is C#Cc1cccc(CC(C=O)N2CCN(C)CC2)c1. The molecule has 3 nitrogen and oxygen atoms in total. The highest BCUT2D eigenvalue weighted by atomic mass is 16.1. The van der Waals surface area contributed by atoms with Crippen LogP contribution in [0.1, 0.15) is 11.1 Å². The molecule has 0 aliphatic carbocycles. The van der Waals surface area contributed by atoms with Crippen LogP contribution in [0.4, 0.5) is 0 Å². The Balaban J connectivity index is 2.02. The molecule has 3 heteroatoms. The lowest BCUT2D eigenvalue weighted by Crippen LogP contribution is -2.50. The van der Waals surface area contributed by atoms with E-state index in [0.717, 1.165) is 50.0 Å². The Morgan fingerprint density at radius 3 is 2.74 bits per heavy atom. The second-order valence-corrected chi connectivity index (χ2v) is 5.09. The van der Waals surface area contributed by atoms with Crippen molar-refractivity contribution in [2.75, 3.05) is 33.2 Å². The fourth-order valence-electron chi connectivity index (χ4n) is 2.45. The molecule has 0 radical (unpaired) electrons.